The minimum Gasteiger partial charge on any atom is -0.381 e. The van der Waals surface area contributed by atoms with Gasteiger partial charge in [-0.2, -0.15) is 0 Å². The van der Waals surface area contributed by atoms with Gasteiger partial charge in [-0.1, -0.05) is 6.07 Å². The maximum atomic E-state index is 11.9. The number of hydrogen-bond donors (Lipinski definition) is 1. The predicted octanol–water partition coefficient (Wildman–Crippen LogP) is 2.16. The average molecular weight is 332 g/mol. The van der Waals surface area contributed by atoms with E-state index in [-0.39, 0.29) is 16.4 Å². The molecule has 0 aromatic heterocycles. The monoisotopic (exact) mass is 331 g/mol. The number of halogens is 1. The lowest BCUT2D eigenvalue weighted by atomic mass is 10.2. The number of hydrogen-bond acceptors (Lipinski definition) is 4. The molecule has 1 aromatic carbocycles. The molecular weight excluding hydrogens is 314 g/mol. The van der Waals surface area contributed by atoms with Crippen LogP contribution in [0.25, 0.3) is 0 Å². The zero-order chi connectivity index (χ0) is 15.3. The third kappa shape index (κ3) is 5.65. The summed E-state index contributed by atoms with van der Waals surface area (Å²) in [6.07, 6.45) is 3.25. The molecule has 0 unspecified atom stereocenters. The Hall–Kier alpha value is -1.11. The first-order valence-corrected chi connectivity index (χ1v) is 9.18. The van der Waals surface area contributed by atoms with Crippen LogP contribution in [0.3, 0.4) is 0 Å². The Balaban J connectivity index is 1.74. The molecule has 116 valence electrons. The second kappa shape index (κ2) is 7.24. The molecule has 2 rings (SSSR count). The number of rotatable bonds is 8. The van der Waals surface area contributed by atoms with Gasteiger partial charge in [-0.15, -0.1) is 0 Å². The second-order valence-corrected chi connectivity index (χ2v) is 7.66. The van der Waals surface area contributed by atoms with Crippen LogP contribution in [0.15, 0.2) is 29.2 Å². The summed E-state index contributed by atoms with van der Waals surface area (Å²) in [6, 6.07) is 5.65. The molecular formula is C14H18ClNO4S. The smallest absolute Gasteiger partial charge is 0.261 e. The first kappa shape index (κ1) is 16.3. The van der Waals surface area contributed by atoms with E-state index in [4.69, 9.17) is 15.4 Å². The molecule has 0 aliphatic heterocycles. The van der Waals surface area contributed by atoms with Crippen molar-refractivity contribution in [2.45, 2.75) is 24.2 Å². The summed E-state index contributed by atoms with van der Waals surface area (Å²) in [5.41, 5.74) is 0.274. The van der Waals surface area contributed by atoms with Crippen LogP contribution in [-0.2, 0) is 13.8 Å². The number of amides is 1. The summed E-state index contributed by atoms with van der Waals surface area (Å²) < 4.78 is 27.9. The number of carbonyl (C=O) groups is 1. The van der Waals surface area contributed by atoms with Gasteiger partial charge in [0.05, 0.1) is 4.90 Å². The van der Waals surface area contributed by atoms with E-state index in [0.717, 1.165) is 18.9 Å². The molecule has 1 fully saturated rings. The summed E-state index contributed by atoms with van der Waals surface area (Å²) in [7, 11) is 1.43. The van der Waals surface area contributed by atoms with Gasteiger partial charge < -0.3 is 10.1 Å². The molecule has 0 saturated heterocycles. The zero-order valence-corrected chi connectivity index (χ0v) is 13.1. The summed E-state index contributed by atoms with van der Waals surface area (Å²) in [6.45, 7) is 1.91. The van der Waals surface area contributed by atoms with Crippen molar-refractivity contribution in [3.8, 4) is 0 Å². The van der Waals surface area contributed by atoms with Gasteiger partial charge in [-0.25, -0.2) is 8.42 Å². The predicted molar refractivity (Wildman–Crippen MR) is 80.0 cm³/mol. The standard InChI is InChI=1S/C14H18ClNO4S/c15-21(18,19)13-4-1-3-12(9-13)14(17)16-7-2-8-20-10-11-5-6-11/h1,3-4,9,11H,2,5-8,10H2,(H,16,17). The molecule has 1 aliphatic carbocycles. The molecule has 0 atom stereocenters. The van der Waals surface area contributed by atoms with Crippen molar-refractivity contribution in [3.05, 3.63) is 29.8 Å². The molecule has 0 bridgehead atoms. The second-order valence-electron chi connectivity index (χ2n) is 5.09. The first-order valence-electron chi connectivity index (χ1n) is 6.87. The normalized spacial score (nSPS) is 14.9. The molecule has 1 saturated carbocycles. The number of benzene rings is 1. The van der Waals surface area contributed by atoms with Crippen molar-refractivity contribution >= 4 is 25.6 Å². The van der Waals surface area contributed by atoms with Crippen LogP contribution in [0.5, 0.6) is 0 Å². The van der Waals surface area contributed by atoms with E-state index < -0.39 is 9.05 Å². The Morgan fingerprint density at radius 3 is 2.81 bits per heavy atom. The van der Waals surface area contributed by atoms with Gasteiger partial charge in [0.25, 0.3) is 15.0 Å². The number of ether oxygens (including phenoxy) is 1. The van der Waals surface area contributed by atoms with Gasteiger partial charge in [0.15, 0.2) is 0 Å². The molecule has 0 spiro atoms. The largest absolute Gasteiger partial charge is 0.381 e. The van der Waals surface area contributed by atoms with Crippen LogP contribution in [0.1, 0.15) is 29.6 Å². The van der Waals surface area contributed by atoms with E-state index in [1.54, 1.807) is 6.07 Å². The number of carbonyl (C=O) groups excluding carboxylic acids is 1. The molecule has 7 heteroatoms. The fourth-order valence-corrected chi connectivity index (χ4v) is 2.60. The fraction of sp³-hybridized carbons (Fsp3) is 0.500. The van der Waals surface area contributed by atoms with Crippen LogP contribution in [0.2, 0.25) is 0 Å². The van der Waals surface area contributed by atoms with Gasteiger partial charge in [-0.05, 0) is 43.4 Å². The Labute approximate surface area is 129 Å². The highest BCUT2D eigenvalue weighted by atomic mass is 35.7. The zero-order valence-electron chi connectivity index (χ0n) is 11.5. The van der Waals surface area contributed by atoms with Crippen molar-refractivity contribution in [1.82, 2.24) is 5.32 Å². The third-order valence-corrected chi connectivity index (χ3v) is 4.53. The Morgan fingerprint density at radius 2 is 2.14 bits per heavy atom. The molecule has 1 aliphatic rings. The van der Waals surface area contributed by atoms with Gasteiger partial charge >= 0.3 is 0 Å². The van der Waals surface area contributed by atoms with Crippen molar-refractivity contribution < 1.29 is 17.9 Å². The van der Waals surface area contributed by atoms with Gasteiger partial charge in [0.2, 0.25) is 0 Å². The molecule has 1 amide bonds. The van der Waals surface area contributed by atoms with Crippen molar-refractivity contribution in [2.75, 3.05) is 19.8 Å². The quantitative estimate of drug-likeness (QED) is 0.585. The fourth-order valence-electron chi connectivity index (χ4n) is 1.80. The lowest BCUT2D eigenvalue weighted by Gasteiger charge is -2.06. The molecule has 0 radical (unpaired) electrons. The lowest BCUT2D eigenvalue weighted by Crippen LogP contribution is -2.25. The van der Waals surface area contributed by atoms with E-state index in [0.29, 0.717) is 13.2 Å². The minimum atomic E-state index is -3.82. The maximum absolute atomic E-state index is 11.9. The van der Waals surface area contributed by atoms with E-state index in [9.17, 15) is 13.2 Å². The summed E-state index contributed by atoms with van der Waals surface area (Å²) in [5.74, 6) is 0.416. The lowest BCUT2D eigenvalue weighted by molar-refractivity contribution is 0.0937. The minimum absolute atomic E-state index is 0.0791. The van der Waals surface area contributed by atoms with Crippen LogP contribution < -0.4 is 5.32 Å². The molecule has 1 aromatic rings. The average Bonchev–Trinajstić information content (AvgIpc) is 3.26. The van der Waals surface area contributed by atoms with Crippen molar-refractivity contribution in [2.24, 2.45) is 5.92 Å². The van der Waals surface area contributed by atoms with Gasteiger partial charge in [0, 0.05) is 36.0 Å². The Morgan fingerprint density at radius 1 is 1.38 bits per heavy atom. The van der Waals surface area contributed by atoms with E-state index in [1.165, 1.54) is 31.0 Å². The Kier molecular flexibility index (Phi) is 5.61. The molecule has 1 N–H and O–H groups in total. The highest BCUT2D eigenvalue weighted by Gasteiger charge is 2.20. The Bertz CT molecular complexity index is 599. The van der Waals surface area contributed by atoms with Crippen LogP contribution in [0.4, 0.5) is 0 Å². The van der Waals surface area contributed by atoms with Crippen LogP contribution in [-0.4, -0.2) is 34.1 Å². The molecule has 0 heterocycles. The number of nitrogens with one attached hydrogen (secondary N) is 1. The van der Waals surface area contributed by atoms with Crippen molar-refractivity contribution in [3.63, 3.8) is 0 Å². The van der Waals surface area contributed by atoms with Gasteiger partial charge in [0.1, 0.15) is 0 Å². The topological polar surface area (TPSA) is 72.5 Å². The summed E-state index contributed by atoms with van der Waals surface area (Å²) in [5, 5.41) is 2.72. The van der Waals surface area contributed by atoms with Crippen LogP contribution in [0, 0.1) is 5.92 Å². The highest BCUT2D eigenvalue weighted by Crippen LogP contribution is 2.28. The molecule has 5 nitrogen and oxygen atoms in total. The first-order chi connectivity index (χ1) is 9.97. The van der Waals surface area contributed by atoms with Crippen molar-refractivity contribution in [1.29, 1.82) is 0 Å². The summed E-state index contributed by atoms with van der Waals surface area (Å²) >= 11 is 0. The summed E-state index contributed by atoms with van der Waals surface area (Å²) in [4.78, 5) is 11.8. The van der Waals surface area contributed by atoms with E-state index in [1.807, 2.05) is 0 Å². The molecule has 21 heavy (non-hydrogen) atoms. The third-order valence-electron chi connectivity index (χ3n) is 3.18. The van der Waals surface area contributed by atoms with E-state index in [2.05, 4.69) is 5.32 Å². The van der Waals surface area contributed by atoms with E-state index >= 15 is 0 Å². The maximum Gasteiger partial charge on any atom is 0.261 e. The SMILES string of the molecule is O=C(NCCCOCC1CC1)c1cccc(S(=O)(=O)Cl)c1. The highest BCUT2D eigenvalue weighted by molar-refractivity contribution is 8.13. The van der Waals surface area contributed by atoms with Gasteiger partial charge in [-0.3, -0.25) is 4.79 Å². The van der Waals surface area contributed by atoms with Crippen LogP contribution >= 0.6 is 10.7 Å².